The van der Waals surface area contributed by atoms with Crippen LogP contribution >= 0.6 is 0 Å². The van der Waals surface area contributed by atoms with E-state index in [9.17, 15) is 0 Å². The molecule has 0 saturated carbocycles. The maximum Gasteiger partial charge on any atom is 0.0956 e. The molecule has 0 spiro atoms. The van der Waals surface area contributed by atoms with E-state index in [4.69, 9.17) is 9.97 Å². The van der Waals surface area contributed by atoms with Gasteiger partial charge < -0.3 is 4.40 Å². The highest BCUT2D eigenvalue weighted by molar-refractivity contribution is 6.30. The van der Waals surface area contributed by atoms with Crippen molar-refractivity contribution < 1.29 is 0 Å². The molecule has 0 bridgehead atoms. The van der Waals surface area contributed by atoms with Gasteiger partial charge in [-0.15, -0.1) is 0 Å². The average Bonchev–Trinajstić information content (AvgIpc) is 3.61. The topological polar surface area (TPSA) is 30.2 Å². The van der Waals surface area contributed by atoms with Crippen molar-refractivity contribution >= 4 is 49.0 Å². The number of rotatable bonds is 3. The van der Waals surface area contributed by atoms with Crippen LogP contribution < -0.4 is 0 Å². The number of hydrogen-bond donors (Lipinski definition) is 0. The molecule has 45 heavy (non-hydrogen) atoms. The fourth-order valence-electron chi connectivity index (χ4n) is 7.08. The normalized spacial score (nSPS) is 12.3. The Morgan fingerprint density at radius 3 is 1.91 bits per heavy atom. The van der Waals surface area contributed by atoms with E-state index in [0.29, 0.717) is 0 Å². The van der Waals surface area contributed by atoms with Gasteiger partial charge in [-0.05, 0) is 29.2 Å². The van der Waals surface area contributed by atoms with Gasteiger partial charge in [0.05, 0.1) is 39.1 Å². The van der Waals surface area contributed by atoms with Crippen LogP contribution in [0.3, 0.4) is 0 Å². The van der Waals surface area contributed by atoms with E-state index in [1.165, 1.54) is 38.1 Å². The second-order valence-electron chi connectivity index (χ2n) is 13.0. The molecule has 9 rings (SSSR count). The second-order valence-corrected chi connectivity index (χ2v) is 13.0. The molecular weight excluding hydrogens is 546 g/mol. The first kappa shape index (κ1) is 25.9. The molecule has 0 saturated heterocycles. The lowest BCUT2D eigenvalue weighted by molar-refractivity contribution is 0.590. The van der Waals surface area contributed by atoms with Gasteiger partial charge in [-0.2, -0.15) is 0 Å². The number of nitrogens with zero attached hydrogens (tertiary/aromatic N) is 3. The van der Waals surface area contributed by atoms with Crippen LogP contribution in [0, 0.1) is 0 Å². The van der Waals surface area contributed by atoms with E-state index in [1.807, 2.05) is 0 Å². The second kappa shape index (κ2) is 9.48. The highest BCUT2D eigenvalue weighted by atomic mass is 14.9. The van der Waals surface area contributed by atoms with Gasteiger partial charge in [0.1, 0.15) is 0 Å². The van der Waals surface area contributed by atoms with E-state index in [2.05, 4.69) is 159 Å². The molecule has 3 nitrogen and oxygen atoms in total. The molecule has 214 valence electrons. The minimum atomic E-state index is -0.0457. The molecule has 0 aliphatic carbocycles. The number of fused-ring (bicyclic) bond motifs is 8. The Hall–Kier alpha value is -5.54. The minimum absolute atomic E-state index is 0.0457. The zero-order chi connectivity index (χ0) is 30.3. The summed E-state index contributed by atoms with van der Waals surface area (Å²) in [6.45, 7) is 6.80. The predicted octanol–water partition coefficient (Wildman–Crippen LogP) is 11.1. The lowest BCUT2D eigenvalue weighted by Gasteiger charge is -2.21. The summed E-state index contributed by atoms with van der Waals surface area (Å²) in [6.07, 6.45) is 0. The zero-order valence-electron chi connectivity index (χ0n) is 25.5. The molecule has 4 heterocycles. The van der Waals surface area contributed by atoms with Crippen molar-refractivity contribution in [1.29, 1.82) is 0 Å². The fourth-order valence-corrected chi connectivity index (χ4v) is 7.08. The zero-order valence-corrected chi connectivity index (χ0v) is 25.5. The Morgan fingerprint density at radius 2 is 1.13 bits per heavy atom. The van der Waals surface area contributed by atoms with Crippen LogP contribution in [0.25, 0.3) is 82.8 Å². The molecule has 0 fully saturated rings. The maximum atomic E-state index is 5.58. The van der Waals surface area contributed by atoms with Crippen molar-refractivity contribution in [2.24, 2.45) is 0 Å². The molecule has 9 aromatic rings. The van der Waals surface area contributed by atoms with Crippen LogP contribution in [-0.4, -0.2) is 14.4 Å². The van der Waals surface area contributed by atoms with Crippen molar-refractivity contribution in [3.63, 3.8) is 0 Å². The van der Waals surface area contributed by atoms with E-state index in [-0.39, 0.29) is 5.41 Å². The van der Waals surface area contributed by atoms with Crippen LogP contribution in [0.15, 0.2) is 133 Å². The number of pyridine rings is 2. The predicted molar refractivity (Wildman–Crippen MR) is 189 cm³/mol. The maximum absolute atomic E-state index is 5.58. The first-order chi connectivity index (χ1) is 22.0. The van der Waals surface area contributed by atoms with E-state index < -0.39 is 0 Å². The first-order valence-corrected chi connectivity index (χ1v) is 15.6. The Morgan fingerprint density at radius 1 is 0.511 bits per heavy atom. The van der Waals surface area contributed by atoms with Crippen LogP contribution in [0.2, 0.25) is 0 Å². The molecule has 5 aromatic carbocycles. The van der Waals surface area contributed by atoms with Crippen molar-refractivity contribution in [3.8, 4) is 33.8 Å². The highest BCUT2D eigenvalue weighted by Gasteiger charge is 2.25. The summed E-state index contributed by atoms with van der Waals surface area (Å²) < 4.78 is 2.45. The molecule has 0 N–H and O–H groups in total. The molecule has 0 aliphatic heterocycles. The third-order valence-corrected chi connectivity index (χ3v) is 9.26. The first-order valence-electron chi connectivity index (χ1n) is 15.6. The standard InChI is InChI=1S/C42H31N3/c1-42(2,3)28-24-34(26-14-6-4-7-15-26)43-35(25-28)31-20-13-21-32-37-33-22-12-19-30-29-18-10-11-23-36(29)45(40(30)33)41(37)38(44-39(31)32)27-16-8-5-9-17-27/h4-25H,1-3H3. The largest absolute Gasteiger partial charge is 0.306 e. The van der Waals surface area contributed by atoms with Gasteiger partial charge in [0.2, 0.25) is 0 Å². The lowest BCUT2D eigenvalue weighted by Crippen LogP contribution is -2.12. The molecule has 4 aromatic heterocycles. The summed E-state index contributed by atoms with van der Waals surface area (Å²) in [5, 5.41) is 6.18. The molecule has 0 radical (unpaired) electrons. The smallest absolute Gasteiger partial charge is 0.0956 e. The van der Waals surface area contributed by atoms with E-state index >= 15 is 0 Å². The van der Waals surface area contributed by atoms with Crippen LogP contribution in [0.1, 0.15) is 26.3 Å². The van der Waals surface area contributed by atoms with E-state index in [0.717, 1.165) is 50.2 Å². The van der Waals surface area contributed by atoms with Gasteiger partial charge in [0, 0.05) is 43.6 Å². The van der Waals surface area contributed by atoms with Gasteiger partial charge in [-0.1, -0.05) is 136 Å². The van der Waals surface area contributed by atoms with Crippen molar-refractivity contribution in [2.45, 2.75) is 26.2 Å². The summed E-state index contributed by atoms with van der Waals surface area (Å²) in [5.74, 6) is 0. The number of hydrogen-bond acceptors (Lipinski definition) is 2. The Kier molecular flexibility index (Phi) is 5.46. The van der Waals surface area contributed by atoms with Gasteiger partial charge >= 0.3 is 0 Å². The fraction of sp³-hybridized carbons (Fsp3) is 0.0952. The molecular formula is C42H31N3. The quantitative estimate of drug-likeness (QED) is 0.209. The summed E-state index contributed by atoms with van der Waals surface area (Å²) in [5.41, 5.74) is 12.0. The highest BCUT2D eigenvalue weighted by Crippen LogP contribution is 2.45. The Bertz CT molecular complexity index is 2550. The average molecular weight is 578 g/mol. The summed E-state index contributed by atoms with van der Waals surface area (Å²) in [6, 6.07) is 47.7. The van der Waals surface area contributed by atoms with Gasteiger partial charge in [-0.25, -0.2) is 9.97 Å². The van der Waals surface area contributed by atoms with Crippen molar-refractivity contribution in [2.75, 3.05) is 0 Å². The van der Waals surface area contributed by atoms with Gasteiger partial charge in [0.25, 0.3) is 0 Å². The molecule has 0 amide bonds. The van der Waals surface area contributed by atoms with Crippen molar-refractivity contribution in [1.82, 2.24) is 14.4 Å². The van der Waals surface area contributed by atoms with Crippen LogP contribution in [0.5, 0.6) is 0 Å². The number of aromatic nitrogens is 3. The van der Waals surface area contributed by atoms with E-state index in [1.54, 1.807) is 0 Å². The molecule has 0 atom stereocenters. The van der Waals surface area contributed by atoms with Gasteiger partial charge in [0.15, 0.2) is 0 Å². The number of benzene rings is 5. The third kappa shape index (κ3) is 3.84. The molecule has 3 heteroatoms. The lowest BCUT2D eigenvalue weighted by atomic mass is 9.85. The Labute approximate surface area is 261 Å². The molecule has 0 unspecified atom stereocenters. The third-order valence-electron chi connectivity index (χ3n) is 9.26. The molecule has 0 aliphatic rings. The monoisotopic (exact) mass is 577 g/mol. The SMILES string of the molecule is CC(C)(C)c1cc(-c2ccccc2)nc(-c2cccc3c2nc(-c2ccccc2)c2c3c3cccc4c5ccccc5n2c43)c1. The summed E-state index contributed by atoms with van der Waals surface area (Å²) >= 11 is 0. The summed E-state index contributed by atoms with van der Waals surface area (Å²) in [4.78, 5) is 10.9. The summed E-state index contributed by atoms with van der Waals surface area (Å²) in [7, 11) is 0. The van der Waals surface area contributed by atoms with Crippen LogP contribution in [0.4, 0.5) is 0 Å². The van der Waals surface area contributed by atoms with Gasteiger partial charge in [-0.3, -0.25) is 0 Å². The van der Waals surface area contributed by atoms with Crippen molar-refractivity contribution in [3.05, 3.63) is 139 Å². The minimum Gasteiger partial charge on any atom is -0.306 e. The number of para-hydroxylation sites is 3. The Balaban J connectivity index is 1.45. The van der Waals surface area contributed by atoms with Crippen LogP contribution in [-0.2, 0) is 5.41 Å².